The van der Waals surface area contributed by atoms with Crippen molar-refractivity contribution in [2.24, 2.45) is 5.73 Å². The van der Waals surface area contributed by atoms with Crippen molar-refractivity contribution in [1.29, 1.82) is 0 Å². The fraction of sp³-hybridized carbons (Fsp3) is 0. The van der Waals surface area contributed by atoms with Crippen LogP contribution in [-0.2, 0) is 0 Å². The Labute approximate surface area is 143 Å². The van der Waals surface area contributed by atoms with Gasteiger partial charge in [-0.2, -0.15) is 0 Å². The Kier molecular flexibility index (Phi) is 4.58. The quantitative estimate of drug-likeness (QED) is 0.668. The highest BCUT2D eigenvalue weighted by Gasteiger charge is 2.14. The van der Waals surface area contributed by atoms with Gasteiger partial charge in [0.25, 0.3) is 5.91 Å². The zero-order valence-electron chi connectivity index (χ0n) is 12.7. The molecule has 24 heavy (non-hydrogen) atoms. The molecule has 0 saturated heterocycles. The van der Waals surface area contributed by atoms with Gasteiger partial charge in [-0.25, -0.2) is 4.79 Å². The van der Waals surface area contributed by atoms with E-state index in [1.54, 1.807) is 24.3 Å². The first kappa shape index (κ1) is 15.8. The summed E-state index contributed by atoms with van der Waals surface area (Å²) in [6, 6.07) is 17.9. The van der Waals surface area contributed by atoms with Gasteiger partial charge < -0.3 is 16.4 Å². The predicted molar refractivity (Wildman–Crippen MR) is 97.4 cm³/mol. The molecule has 0 saturated carbocycles. The Hall–Kier alpha value is -3.12. The van der Waals surface area contributed by atoms with Crippen LogP contribution in [0.25, 0.3) is 11.1 Å². The van der Waals surface area contributed by atoms with E-state index in [9.17, 15) is 9.59 Å². The summed E-state index contributed by atoms with van der Waals surface area (Å²) in [4.78, 5) is 24.0. The van der Waals surface area contributed by atoms with Crippen LogP contribution >= 0.6 is 11.3 Å². The van der Waals surface area contributed by atoms with Crippen molar-refractivity contribution in [1.82, 2.24) is 0 Å². The number of carbonyl (C=O) groups excluding carboxylic acids is 2. The summed E-state index contributed by atoms with van der Waals surface area (Å²) in [6.45, 7) is 0. The largest absolute Gasteiger partial charge is 0.351 e. The van der Waals surface area contributed by atoms with Gasteiger partial charge in [0.15, 0.2) is 0 Å². The SMILES string of the molecule is NC(=O)Nc1ccc(NC(=O)c2sccc2-c2ccccc2)cc1. The van der Waals surface area contributed by atoms with Crippen LogP contribution in [0.15, 0.2) is 66.0 Å². The molecule has 4 N–H and O–H groups in total. The summed E-state index contributed by atoms with van der Waals surface area (Å²) in [7, 11) is 0. The van der Waals surface area contributed by atoms with Crippen molar-refractivity contribution in [2.75, 3.05) is 10.6 Å². The molecule has 120 valence electrons. The number of primary amides is 1. The maximum absolute atomic E-state index is 12.5. The first-order valence-corrected chi connectivity index (χ1v) is 8.12. The maximum atomic E-state index is 12.5. The first-order chi connectivity index (χ1) is 11.6. The fourth-order valence-corrected chi connectivity index (χ4v) is 3.11. The van der Waals surface area contributed by atoms with Gasteiger partial charge in [0.2, 0.25) is 0 Å². The summed E-state index contributed by atoms with van der Waals surface area (Å²) in [5.41, 5.74) is 8.19. The molecule has 0 unspecified atom stereocenters. The Morgan fingerprint density at radius 1 is 0.833 bits per heavy atom. The van der Waals surface area contributed by atoms with E-state index >= 15 is 0 Å². The molecule has 3 amide bonds. The van der Waals surface area contributed by atoms with Crippen LogP contribution in [0.5, 0.6) is 0 Å². The number of hydrogen-bond acceptors (Lipinski definition) is 3. The molecule has 0 spiro atoms. The van der Waals surface area contributed by atoms with Crippen molar-refractivity contribution >= 4 is 34.6 Å². The number of urea groups is 1. The molecule has 1 aromatic heterocycles. The summed E-state index contributed by atoms with van der Waals surface area (Å²) in [6.07, 6.45) is 0. The Bertz CT molecular complexity index is 857. The van der Waals surface area contributed by atoms with Crippen LogP contribution in [0.4, 0.5) is 16.2 Å². The number of rotatable bonds is 4. The maximum Gasteiger partial charge on any atom is 0.316 e. The monoisotopic (exact) mass is 337 g/mol. The Balaban J connectivity index is 1.76. The molecule has 0 fully saturated rings. The molecule has 1 heterocycles. The molecule has 0 aliphatic carbocycles. The first-order valence-electron chi connectivity index (χ1n) is 7.24. The van der Waals surface area contributed by atoms with Crippen molar-refractivity contribution in [3.8, 4) is 11.1 Å². The van der Waals surface area contributed by atoms with E-state index < -0.39 is 6.03 Å². The topological polar surface area (TPSA) is 84.2 Å². The van der Waals surface area contributed by atoms with Crippen LogP contribution in [0, 0.1) is 0 Å². The fourth-order valence-electron chi connectivity index (χ4n) is 2.30. The minimum atomic E-state index is -0.627. The summed E-state index contributed by atoms with van der Waals surface area (Å²) in [5.74, 6) is -0.167. The molecule has 6 heteroatoms. The van der Waals surface area contributed by atoms with Gasteiger partial charge in [0.1, 0.15) is 0 Å². The lowest BCUT2D eigenvalue weighted by Crippen LogP contribution is -2.19. The molecule has 0 bridgehead atoms. The number of anilines is 2. The second-order valence-corrected chi connectivity index (χ2v) is 5.97. The standard InChI is InChI=1S/C18H15N3O2S/c19-18(23)21-14-8-6-13(7-9-14)20-17(22)16-15(10-11-24-16)12-4-2-1-3-5-12/h1-11H,(H,20,22)(H3,19,21,23). The molecule has 0 aliphatic rings. The number of carbonyl (C=O) groups is 2. The number of nitrogens with one attached hydrogen (secondary N) is 2. The van der Waals surface area contributed by atoms with Gasteiger partial charge in [0, 0.05) is 16.9 Å². The summed E-state index contributed by atoms with van der Waals surface area (Å²) in [5, 5.41) is 7.23. The number of nitrogens with two attached hydrogens (primary N) is 1. The van der Waals surface area contributed by atoms with Gasteiger partial charge in [-0.15, -0.1) is 11.3 Å². The zero-order valence-corrected chi connectivity index (χ0v) is 13.5. The van der Waals surface area contributed by atoms with Crippen LogP contribution < -0.4 is 16.4 Å². The summed E-state index contributed by atoms with van der Waals surface area (Å²) < 4.78 is 0. The van der Waals surface area contributed by atoms with Crippen molar-refractivity contribution in [2.45, 2.75) is 0 Å². The molecule has 0 radical (unpaired) electrons. The second-order valence-electron chi connectivity index (χ2n) is 5.05. The number of hydrogen-bond donors (Lipinski definition) is 3. The third-order valence-corrected chi connectivity index (χ3v) is 4.28. The third kappa shape index (κ3) is 3.61. The number of thiophene rings is 1. The average Bonchev–Trinajstić information content (AvgIpc) is 3.07. The lowest BCUT2D eigenvalue weighted by molar-refractivity contribution is 0.103. The Morgan fingerprint density at radius 2 is 1.46 bits per heavy atom. The summed E-state index contributed by atoms with van der Waals surface area (Å²) >= 11 is 1.40. The van der Waals surface area contributed by atoms with E-state index in [4.69, 9.17) is 5.73 Å². The van der Waals surface area contributed by atoms with Crippen molar-refractivity contribution < 1.29 is 9.59 Å². The minimum absolute atomic E-state index is 0.167. The highest BCUT2D eigenvalue weighted by atomic mass is 32.1. The molecular weight excluding hydrogens is 322 g/mol. The van der Waals surface area contributed by atoms with E-state index in [1.807, 2.05) is 41.8 Å². The lowest BCUT2D eigenvalue weighted by atomic mass is 10.1. The predicted octanol–water partition coefficient (Wildman–Crippen LogP) is 4.16. The van der Waals surface area contributed by atoms with Crippen molar-refractivity contribution in [3.05, 3.63) is 70.9 Å². The van der Waals surface area contributed by atoms with Gasteiger partial charge in [0.05, 0.1) is 4.88 Å². The molecule has 0 aliphatic heterocycles. The van der Waals surface area contributed by atoms with Crippen molar-refractivity contribution in [3.63, 3.8) is 0 Å². The minimum Gasteiger partial charge on any atom is -0.351 e. The van der Waals surface area contributed by atoms with Gasteiger partial charge in [-0.05, 0) is 41.3 Å². The van der Waals surface area contributed by atoms with Crippen LogP contribution in [0.3, 0.4) is 0 Å². The molecule has 3 rings (SSSR count). The lowest BCUT2D eigenvalue weighted by Gasteiger charge is -2.08. The molecule has 0 atom stereocenters. The van der Waals surface area contributed by atoms with Crippen LogP contribution in [0.2, 0.25) is 0 Å². The van der Waals surface area contributed by atoms with Gasteiger partial charge >= 0.3 is 6.03 Å². The highest BCUT2D eigenvalue weighted by molar-refractivity contribution is 7.12. The van der Waals surface area contributed by atoms with E-state index in [-0.39, 0.29) is 5.91 Å². The Morgan fingerprint density at radius 3 is 2.08 bits per heavy atom. The highest BCUT2D eigenvalue weighted by Crippen LogP contribution is 2.29. The van der Waals surface area contributed by atoms with E-state index in [1.165, 1.54) is 11.3 Å². The van der Waals surface area contributed by atoms with E-state index in [0.29, 0.717) is 16.3 Å². The molecule has 2 aromatic carbocycles. The third-order valence-electron chi connectivity index (χ3n) is 3.37. The zero-order chi connectivity index (χ0) is 16.9. The second kappa shape index (κ2) is 6.97. The number of amides is 3. The molecule has 3 aromatic rings. The molecular formula is C18H15N3O2S. The van der Waals surface area contributed by atoms with E-state index in [2.05, 4.69) is 10.6 Å². The van der Waals surface area contributed by atoms with E-state index in [0.717, 1.165) is 11.1 Å². The normalized spacial score (nSPS) is 10.2. The smallest absolute Gasteiger partial charge is 0.316 e. The molecule has 5 nitrogen and oxygen atoms in total. The van der Waals surface area contributed by atoms with Crippen LogP contribution in [-0.4, -0.2) is 11.9 Å². The van der Waals surface area contributed by atoms with Gasteiger partial charge in [-0.1, -0.05) is 30.3 Å². The average molecular weight is 337 g/mol. The van der Waals surface area contributed by atoms with Gasteiger partial charge in [-0.3, -0.25) is 4.79 Å². The number of benzene rings is 2. The van der Waals surface area contributed by atoms with Crippen LogP contribution in [0.1, 0.15) is 9.67 Å².